The normalized spacial score (nSPS) is 15.2. The molecular formula is C69H48O. The third-order valence-electron chi connectivity index (χ3n) is 16.9. The number of fused-ring (bicyclic) bond motifs is 15. The van der Waals surface area contributed by atoms with E-state index in [1.807, 2.05) is 0 Å². The highest BCUT2D eigenvalue weighted by Crippen LogP contribution is 2.62. The average molecular weight is 893 g/mol. The highest BCUT2D eigenvalue weighted by molar-refractivity contribution is 6.19. The van der Waals surface area contributed by atoms with Crippen molar-refractivity contribution in [2.75, 3.05) is 0 Å². The number of hydrogen-bond donors (Lipinski definition) is 0. The second-order valence-corrected chi connectivity index (χ2v) is 21.1. The van der Waals surface area contributed by atoms with E-state index in [1.165, 1.54) is 111 Å². The van der Waals surface area contributed by atoms with Crippen LogP contribution in [0.1, 0.15) is 72.2 Å². The van der Waals surface area contributed by atoms with Crippen LogP contribution in [0.25, 0.3) is 99.1 Å². The third kappa shape index (κ3) is 5.17. The van der Waals surface area contributed by atoms with Crippen LogP contribution < -0.4 is 0 Å². The van der Waals surface area contributed by atoms with Gasteiger partial charge < -0.3 is 4.42 Å². The smallest absolute Gasteiger partial charge is 0.143 e. The van der Waals surface area contributed by atoms with Crippen LogP contribution in [-0.2, 0) is 16.2 Å². The molecule has 3 aliphatic rings. The van der Waals surface area contributed by atoms with Crippen LogP contribution in [0.4, 0.5) is 0 Å². The first-order valence-corrected chi connectivity index (χ1v) is 24.8. The molecule has 12 aromatic rings. The summed E-state index contributed by atoms with van der Waals surface area (Å²) in [6.45, 7) is 9.45. The van der Waals surface area contributed by atoms with Crippen molar-refractivity contribution >= 4 is 43.5 Å². The van der Waals surface area contributed by atoms with Crippen molar-refractivity contribution in [1.29, 1.82) is 0 Å². The van der Waals surface area contributed by atoms with Crippen molar-refractivity contribution in [3.63, 3.8) is 0 Å². The van der Waals surface area contributed by atoms with Crippen LogP contribution in [0.2, 0.25) is 0 Å². The standard InChI is InChI=1S/C69H48O/c1-67(2)57-22-12-9-19-50(57)55-37-45(28-33-59(55)67)46-27-32-52-61(39-46)69(48-30-25-41-15-5-7-17-43(41)35-48,49-31-26-42-16-6-8-18-44(42)36-49)62-40-54(66-65(64(52)62)53-21-11-14-24-63(53)70-66)47-29-34-60-56(38-47)51-20-10-13-23-58(51)68(60,3)4/h5-40H,1-4H3. The molecule has 1 heterocycles. The van der Waals surface area contributed by atoms with E-state index < -0.39 is 5.41 Å². The Morgan fingerprint density at radius 1 is 0.314 bits per heavy atom. The van der Waals surface area contributed by atoms with Crippen LogP contribution in [-0.4, -0.2) is 0 Å². The van der Waals surface area contributed by atoms with Gasteiger partial charge in [-0.2, -0.15) is 0 Å². The number of furan rings is 1. The summed E-state index contributed by atoms with van der Waals surface area (Å²) < 4.78 is 7.18. The van der Waals surface area contributed by atoms with Gasteiger partial charge in [-0.1, -0.05) is 204 Å². The van der Waals surface area contributed by atoms with E-state index in [-0.39, 0.29) is 10.8 Å². The lowest BCUT2D eigenvalue weighted by Gasteiger charge is -2.35. The van der Waals surface area contributed by atoms with Crippen molar-refractivity contribution in [2.24, 2.45) is 0 Å². The van der Waals surface area contributed by atoms with Gasteiger partial charge in [-0.3, -0.25) is 0 Å². The van der Waals surface area contributed by atoms with Crippen LogP contribution >= 0.6 is 0 Å². The molecule has 70 heavy (non-hydrogen) atoms. The molecular weight excluding hydrogens is 845 g/mol. The summed E-state index contributed by atoms with van der Waals surface area (Å²) in [5, 5.41) is 7.20. The van der Waals surface area contributed by atoms with Gasteiger partial charge in [0, 0.05) is 27.2 Å². The van der Waals surface area contributed by atoms with Gasteiger partial charge in [0.1, 0.15) is 11.2 Å². The first kappa shape index (κ1) is 39.7. The van der Waals surface area contributed by atoms with Crippen LogP contribution in [0.15, 0.2) is 223 Å². The van der Waals surface area contributed by atoms with Gasteiger partial charge in [0.25, 0.3) is 0 Å². The Morgan fingerprint density at radius 3 is 1.46 bits per heavy atom. The molecule has 11 aromatic carbocycles. The maximum Gasteiger partial charge on any atom is 0.143 e. The number of rotatable bonds is 4. The largest absolute Gasteiger partial charge is 0.455 e. The molecule has 0 unspecified atom stereocenters. The topological polar surface area (TPSA) is 13.1 Å². The van der Waals surface area contributed by atoms with E-state index in [0.717, 1.165) is 33.1 Å². The fraction of sp³-hybridized carbons (Fsp3) is 0.101. The zero-order valence-electron chi connectivity index (χ0n) is 39.7. The zero-order valence-corrected chi connectivity index (χ0v) is 39.7. The molecule has 15 rings (SSSR count). The molecule has 0 spiro atoms. The Bertz CT molecular complexity index is 4170. The Hall–Kier alpha value is -8.26. The lowest BCUT2D eigenvalue weighted by molar-refractivity contribution is 0.660. The summed E-state index contributed by atoms with van der Waals surface area (Å²) in [6, 6.07) is 82.9. The molecule has 0 radical (unpaired) electrons. The quantitative estimate of drug-likeness (QED) is 0.172. The fourth-order valence-electron chi connectivity index (χ4n) is 13.5. The highest BCUT2D eigenvalue weighted by Gasteiger charge is 2.49. The van der Waals surface area contributed by atoms with E-state index in [4.69, 9.17) is 4.42 Å². The number of benzene rings is 11. The van der Waals surface area contributed by atoms with Gasteiger partial charge in [-0.05, 0) is 159 Å². The third-order valence-corrected chi connectivity index (χ3v) is 16.9. The maximum atomic E-state index is 7.18. The van der Waals surface area contributed by atoms with Crippen molar-refractivity contribution in [2.45, 2.75) is 43.9 Å². The first-order chi connectivity index (χ1) is 34.2. The Morgan fingerprint density at radius 2 is 0.814 bits per heavy atom. The molecule has 0 amide bonds. The maximum absolute atomic E-state index is 7.18. The zero-order chi connectivity index (χ0) is 46.7. The minimum absolute atomic E-state index is 0.0692. The summed E-state index contributed by atoms with van der Waals surface area (Å²) in [7, 11) is 0. The highest BCUT2D eigenvalue weighted by atomic mass is 16.3. The summed E-state index contributed by atoms with van der Waals surface area (Å²) in [6.07, 6.45) is 0. The summed E-state index contributed by atoms with van der Waals surface area (Å²) >= 11 is 0. The average Bonchev–Trinajstić information content (AvgIpc) is 4.07. The minimum Gasteiger partial charge on any atom is -0.455 e. The molecule has 1 aromatic heterocycles. The number of para-hydroxylation sites is 1. The molecule has 0 fully saturated rings. The lowest BCUT2D eigenvalue weighted by Crippen LogP contribution is -2.28. The van der Waals surface area contributed by atoms with E-state index in [9.17, 15) is 0 Å². The van der Waals surface area contributed by atoms with E-state index >= 15 is 0 Å². The first-order valence-electron chi connectivity index (χ1n) is 24.8. The van der Waals surface area contributed by atoms with Crippen LogP contribution in [0, 0.1) is 0 Å². The monoisotopic (exact) mass is 892 g/mol. The lowest BCUT2D eigenvalue weighted by atomic mass is 9.66. The second kappa shape index (κ2) is 13.9. The Labute approximate surface area is 408 Å². The molecule has 3 aliphatic carbocycles. The second-order valence-electron chi connectivity index (χ2n) is 21.1. The number of hydrogen-bond acceptors (Lipinski definition) is 1. The molecule has 0 saturated heterocycles. The van der Waals surface area contributed by atoms with E-state index in [2.05, 4.69) is 246 Å². The predicted molar refractivity (Wildman–Crippen MR) is 292 cm³/mol. The van der Waals surface area contributed by atoms with E-state index in [0.29, 0.717) is 0 Å². The van der Waals surface area contributed by atoms with Gasteiger partial charge >= 0.3 is 0 Å². The molecule has 330 valence electrons. The minimum atomic E-state index is -0.729. The van der Waals surface area contributed by atoms with Crippen molar-refractivity contribution in [3.05, 3.63) is 263 Å². The molecule has 0 N–H and O–H groups in total. The summed E-state index contributed by atoms with van der Waals surface area (Å²) in [5.74, 6) is 0. The van der Waals surface area contributed by atoms with Gasteiger partial charge in [0.2, 0.25) is 0 Å². The van der Waals surface area contributed by atoms with Gasteiger partial charge in [0.15, 0.2) is 0 Å². The molecule has 0 saturated carbocycles. The van der Waals surface area contributed by atoms with Gasteiger partial charge in [-0.15, -0.1) is 0 Å². The SMILES string of the molecule is CC1(C)c2ccccc2-c2cc(-c3ccc4c(c3)C(c3ccc5ccccc5c3)(c3ccc5ccccc5c3)c3cc(-c5ccc6c(c5)-c5ccccc5C6(C)C)c5oc6ccccc6c5c3-4)ccc21. The Balaban J connectivity index is 1.08. The molecule has 1 nitrogen and oxygen atoms in total. The molecule has 0 bridgehead atoms. The van der Waals surface area contributed by atoms with Gasteiger partial charge in [-0.25, -0.2) is 0 Å². The predicted octanol–water partition coefficient (Wildman–Crippen LogP) is 18.2. The fourth-order valence-corrected chi connectivity index (χ4v) is 13.5. The van der Waals surface area contributed by atoms with E-state index in [1.54, 1.807) is 0 Å². The Kier molecular flexibility index (Phi) is 7.90. The van der Waals surface area contributed by atoms with Crippen molar-refractivity contribution in [1.82, 2.24) is 0 Å². The summed E-state index contributed by atoms with van der Waals surface area (Å²) in [4.78, 5) is 0. The van der Waals surface area contributed by atoms with Crippen molar-refractivity contribution in [3.8, 4) is 55.6 Å². The molecule has 1 heteroatoms. The van der Waals surface area contributed by atoms with Crippen LogP contribution in [0.3, 0.4) is 0 Å². The van der Waals surface area contributed by atoms with Gasteiger partial charge in [0.05, 0.1) is 5.41 Å². The van der Waals surface area contributed by atoms with Crippen LogP contribution in [0.5, 0.6) is 0 Å². The summed E-state index contributed by atoms with van der Waals surface area (Å²) in [5.41, 5.74) is 23.9. The molecule has 0 aliphatic heterocycles. The molecule has 0 atom stereocenters. The van der Waals surface area contributed by atoms with Crippen molar-refractivity contribution < 1.29 is 4.42 Å².